The Balaban J connectivity index is 1.56. The topological polar surface area (TPSA) is 99.9 Å². The molecule has 0 bridgehead atoms. The molecule has 8 heteroatoms. The second-order valence-corrected chi connectivity index (χ2v) is 7.13. The minimum Gasteiger partial charge on any atom is -0.396 e. The number of likely N-dealkylation sites (tertiary alicyclic amines) is 1. The van der Waals surface area contributed by atoms with Crippen molar-refractivity contribution in [2.24, 2.45) is 5.92 Å². The Morgan fingerprint density at radius 3 is 2.85 bits per heavy atom. The molecule has 2 aromatic heterocycles. The van der Waals surface area contributed by atoms with Gasteiger partial charge in [-0.05, 0) is 37.6 Å². The van der Waals surface area contributed by atoms with E-state index in [-0.39, 0.29) is 30.4 Å². The number of nitrogens with one attached hydrogen (secondary N) is 1. The summed E-state index contributed by atoms with van der Waals surface area (Å²) in [5, 5.41) is 24.8. The summed E-state index contributed by atoms with van der Waals surface area (Å²) in [4.78, 5) is 14.7. The Morgan fingerprint density at radius 2 is 2.12 bits per heavy atom. The molecule has 8 nitrogen and oxygen atoms in total. The molecule has 136 valence electrons. The predicted molar refractivity (Wildman–Crippen MR) is 95.7 cm³/mol. The maximum Gasteiger partial charge on any atom is 0.253 e. The average Bonchev–Trinajstić information content (AvgIpc) is 3.37. The van der Waals surface area contributed by atoms with Crippen LogP contribution in [-0.4, -0.2) is 60.8 Å². The van der Waals surface area contributed by atoms with Gasteiger partial charge in [0.15, 0.2) is 0 Å². The van der Waals surface area contributed by atoms with Crippen molar-refractivity contribution < 1.29 is 9.90 Å². The van der Waals surface area contributed by atoms with Crippen molar-refractivity contribution in [2.75, 3.05) is 19.7 Å². The number of amides is 1. The number of carbonyl (C=O) groups is 1. The van der Waals surface area contributed by atoms with Crippen LogP contribution in [0.2, 0.25) is 0 Å². The number of rotatable bonds is 4. The third-order valence-electron chi connectivity index (χ3n) is 5.10. The van der Waals surface area contributed by atoms with Gasteiger partial charge in [-0.15, -0.1) is 0 Å². The molecule has 0 radical (unpaired) electrons. The van der Waals surface area contributed by atoms with E-state index in [1.165, 1.54) is 0 Å². The predicted octanol–water partition coefficient (Wildman–Crippen LogP) is 1.58. The molecule has 26 heavy (non-hydrogen) atoms. The zero-order valence-electron chi connectivity index (χ0n) is 14.8. The van der Waals surface area contributed by atoms with Gasteiger partial charge in [0.05, 0.1) is 6.20 Å². The summed E-state index contributed by atoms with van der Waals surface area (Å²) in [6, 6.07) is 5.59. The minimum absolute atomic E-state index is 0.0135. The van der Waals surface area contributed by atoms with E-state index in [2.05, 4.69) is 34.4 Å². The molecule has 4 rings (SSSR count). The fourth-order valence-corrected chi connectivity index (χ4v) is 3.58. The maximum absolute atomic E-state index is 12.9. The fourth-order valence-electron chi connectivity index (χ4n) is 3.58. The number of H-pyrrole nitrogens is 1. The number of aromatic nitrogens is 5. The van der Waals surface area contributed by atoms with Crippen LogP contribution in [0.1, 0.15) is 41.7 Å². The quantitative estimate of drug-likeness (QED) is 0.741. The first-order chi connectivity index (χ1) is 12.6. The van der Waals surface area contributed by atoms with Gasteiger partial charge in [-0.1, -0.05) is 0 Å². The SMILES string of the molecule is CC(C)n1cc([C@H]2CN(C(=O)c3ccc4n[nH]nc4c3)C[C@H]2CO)cn1. The van der Waals surface area contributed by atoms with Crippen molar-refractivity contribution in [3.05, 3.63) is 41.7 Å². The number of nitrogens with zero attached hydrogens (tertiary/aromatic N) is 5. The van der Waals surface area contributed by atoms with Gasteiger partial charge < -0.3 is 10.0 Å². The first-order valence-electron chi connectivity index (χ1n) is 8.81. The number of aliphatic hydroxyl groups excluding tert-OH is 1. The standard InChI is InChI=1S/C18H22N6O2/c1-11(2)24-8-13(6-19-24)15-9-23(7-14(15)10-25)18(26)12-3-4-16-17(5-12)21-22-20-16/h3-6,8,11,14-15,25H,7,9-10H2,1-2H3,(H,20,21,22)/t14-,15+/m0/s1. The number of hydrogen-bond donors (Lipinski definition) is 2. The molecule has 0 saturated carbocycles. The van der Waals surface area contributed by atoms with Crippen LogP contribution in [0.4, 0.5) is 0 Å². The molecule has 0 unspecified atom stereocenters. The molecule has 1 aromatic carbocycles. The van der Waals surface area contributed by atoms with E-state index in [0.717, 1.165) is 11.1 Å². The van der Waals surface area contributed by atoms with E-state index in [4.69, 9.17) is 0 Å². The first kappa shape index (κ1) is 16.7. The van der Waals surface area contributed by atoms with Gasteiger partial charge in [-0.25, -0.2) is 0 Å². The summed E-state index contributed by atoms with van der Waals surface area (Å²) in [5.74, 6) is 0.0545. The highest BCUT2D eigenvalue weighted by molar-refractivity contribution is 5.97. The maximum atomic E-state index is 12.9. The largest absolute Gasteiger partial charge is 0.396 e. The summed E-state index contributed by atoms with van der Waals surface area (Å²) in [6.45, 7) is 5.30. The lowest BCUT2D eigenvalue weighted by Gasteiger charge is -2.16. The van der Waals surface area contributed by atoms with Gasteiger partial charge in [0.25, 0.3) is 5.91 Å². The Morgan fingerprint density at radius 1 is 1.31 bits per heavy atom. The molecule has 0 aliphatic carbocycles. The van der Waals surface area contributed by atoms with Crippen molar-refractivity contribution in [3.8, 4) is 0 Å². The highest BCUT2D eigenvalue weighted by atomic mass is 16.3. The molecule has 2 atom stereocenters. The van der Waals surface area contributed by atoms with E-state index in [1.54, 1.807) is 23.1 Å². The monoisotopic (exact) mass is 354 g/mol. The summed E-state index contributed by atoms with van der Waals surface area (Å²) < 4.78 is 1.91. The van der Waals surface area contributed by atoms with Crippen molar-refractivity contribution >= 4 is 16.9 Å². The lowest BCUT2D eigenvalue weighted by atomic mass is 9.92. The zero-order chi connectivity index (χ0) is 18.3. The zero-order valence-corrected chi connectivity index (χ0v) is 14.8. The Bertz CT molecular complexity index is 931. The van der Waals surface area contributed by atoms with E-state index in [0.29, 0.717) is 24.2 Å². The van der Waals surface area contributed by atoms with Crippen LogP contribution in [-0.2, 0) is 0 Å². The highest BCUT2D eigenvalue weighted by Gasteiger charge is 2.36. The summed E-state index contributed by atoms with van der Waals surface area (Å²) in [7, 11) is 0. The van der Waals surface area contributed by atoms with E-state index in [1.807, 2.05) is 17.1 Å². The molecule has 0 spiro atoms. The smallest absolute Gasteiger partial charge is 0.253 e. The van der Waals surface area contributed by atoms with Crippen LogP contribution in [0.5, 0.6) is 0 Å². The molecule has 2 N–H and O–H groups in total. The van der Waals surface area contributed by atoms with Crippen molar-refractivity contribution in [1.82, 2.24) is 30.1 Å². The summed E-state index contributed by atoms with van der Waals surface area (Å²) >= 11 is 0. The van der Waals surface area contributed by atoms with Crippen LogP contribution in [0.3, 0.4) is 0 Å². The number of fused-ring (bicyclic) bond motifs is 1. The second-order valence-electron chi connectivity index (χ2n) is 7.13. The number of benzene rings is 1. The number of hydrogen-bond acceptors (Lipinski definition) is 5. The fraction of sp³-hybridized carbons (Fsp3) is 0.444. The number of carbonyl (C=O) groups excluding carboxylic acids is 1. The lowest BCUT2D eigenvalue weighted by molar-refractivity contribution is 0.0781. The van der Waals surface area contributed by atoms with Gasteiger partial charge in [-0.2, -0.15) is 20.5 Å². The van der Waals surface area contributed by atoms with Gasteiger partial charge in [0, 0.05) is 49.3 Å². The molecule has 3 heterocycles. The van der Waals surface area contributed by atoms with Gasteiger partial charge in [0.1, 0.15) is 11.0 Å². The normalized spacial score (nSPS) is 20.4. The third kappa shape index (κ3) is 2.86. The molecule has 1 aliphatic rings. The van der Waals surface area contributed by atoms with Crippen molar-refractivity contribution in [1.29, 1.82) is 0 Å². The van der Waals surface area contributed by atoms with Crippen LogP contribution < -0.4 is 0 Å². The van der Waals surface area contributed by atoms with E-state index in [9.17, 15) is 9.90 Å². The molecule has 1 saturated heterocycles. The number of aromatic amines is 1. The van der Waals surface area contributed by atoms with Gasteiger partial charge in [-0.3, -0.25) is 9.48 Å². The molecule has 1 aliphatic heterocycles. The van der Waals surface area contributed by atoms with E-state index < -0.39 is 0 Å². The molecule has 1 amide bonds. The summed E-state index contributed by atoms with van der Waals surface area (Å²) in [5.41, 5.74) is 3.06. The van der Waals surface area contributed by atoms with Gasteiger partial charge in [0.2, 0.25) is 0 Å². The van der Waals surface area contributed by atoms with Crippen molar-refractivity contribution in [2.45, 2.75) is 25.8 Å². The van der Waals surface area contributed by atoms with E-state index >= 15 is 0 Å². The van der Waals surface area contributed by atoms with Crippen molar-refractivity contribution in [3.63, 3.8) is 0 Å². The molecule has 3 aromatic rings. The van der Waals surface area contributed by atoms with Crippen LogP contribution in [0.25, 0.3) is 11.0 Å². The van der Waals surface area contributed by atoms with Crippen LogP contribution in [0.15, 0.2) is 30.6 Å². The Labute approximate surface area is 150 Å². The lowest BCUT2D eigenvalue weighted by Crippen LogP contribution is -2.29. The minimum atomic E-state index is -0.0490. The Hall–Kier alpha value is -2.74. The molecular formula is C18H22N6O2. The Kier molecular flexibility index (Phi) is 4.20. The molecular weight excluding hydrogens is 332 g/mol. The number of aliphatic hydroxyl groups is 1. The average molecular weight is 354 g/mol. The van der Waals surface area contributed by atoms with Gasteiger partial charge >= 0.3 is 0 Å². The highest BCUT2D eigenvalue weighted by Crippen LogP contribution is 2.33. The van der Waals surface area contributed by atoms with Crippen LogP contribution >= 0.6 is 0 Å². The molecule has 1 fully saturated rings. The third-order valence-corrected chi connectivity index (χ3v) is 5.10. The van der Waals surface area contributed by atoms with Crippen LogP contribution in [0, 0.1) is 5.92 Å². The first-order valence-corrected chi connectivity index (χ1v) is 8.81. The second kappa shape index (κ2) is 6.53. The summed E-state index contributed by atoms with van der Waals surface area (Å²) in [6.07, 6.45) is 3.87.